The van der Waals surface area contributed by atoms with Crippen molar-refractivity contribution in [3.05, 3.63) is 65.1 Å². The molecule has 0 saturated heterocycles. The van der Waals surface area contributed by atoms with Crippen LogP contribution in [0.4, 0.5) is 5.69 Å². The molecule has 0 bridgehead atoms. The lowest BCUT2D eigenvalue weighted by Gasteiger charge is -2.16. The summed E-state index contributed by atoms with van der Waals surface area (Å²) >= 11 is 0. The van der Waals surface area contributed by atoms with E-state index >= 15 is 0 Å². The van der Waals surface area contributed by atoms with Crippen LogP contribution in [0.3, 0.4) is 0 Å². The number of furan rings is 1. The summed E-state index contributed by atoms with van der Waals surface area (Å²) in [6, 6.07) is 12.6. The van der Waals surface area contributed by atoms with E-state index in [1.807, 2.05) is 0 Å². The first kappa shape index (κ1) is 16.5. The third-order valence-electron chi connectivity index (χ3n) is 3.71. The van der Waals surface area contributed by atoms with Gasteiger partial charge in [-0.3, -0.25) is 9.59 Å². The minimum Gasteiger partial charge on any atom is -0.495 e. The number of rotatable bonds is 5. The fourth-order valence-electron chi connectivity index (χ4n) is 2.35. The first-order valence-electron chi connectivity index (χ1n) is 7.68. The van der Waals surface area contributed by atoms with Gasteiger partial charge in [-0.1, -0.05) is 12.1 Å². The molecule has 0 radical (unpaired) electrons. The second kappa shape index (κ2) is 7.04. The van der Waals surface area contributed by atoms with Gasteiger partial charge in [-0.15, -0.1) is 0 Å². The highest BCUT2D eigenvalue weighted by Gasteiger charge is 2.19. The topological polar surface area (TPSA) is 86.4 Å². The molecule has 1 N–H and O–H groups in total. The number of carbonyl (C=O) groups excluding carboxylic acids is 1. The van der Waals surface area contributed by atoms with Crippen molar-refractivity contribution in [1.29, 1.82) is 0 Å². The van der Waals surface area contributed by atoms with E-state index in [-0.39, 0.29) is 11.5 Å². The van der Waals surface area contributed by atoms with E-state index < -0.39 is 6.04 Å². The summed E-state index contributed by atoms with van der Waals surface area (Å²) in [6.07, 6.45) is 1.52. The van der Waals surface area contributed by atoms with Crippen LogP contribution in [0.15, 0.2) is 64.0 Å². The second-order valence-corrected chi connectivity index (χ2v) is 5.34. The van der Waals surface area contributed by atoms with Gasteiger partial charge in [0.25, 0.3) is 5.56 Å². The fraction of sp³-hybridized carbons (Fsp3) is 0.167. The first-order valence-corrected chi connectivity index (χ1v) is 7.68. The quantitative estimate of drug-likeness (QED) is 0.772. The summed E-state index contributed by atoms with van der Waals surface area (Å²) in [5, 5.41) is 6.99. The molecule has 3 rings (SSSR count). The van der Waals surface area contributed by atoms with Crippen LogP contribution in [-0.4, -0.2) is 22.8 Å². The Morgan fingerprint density at radius 2 is 2.00 bits per heavy atom. The first-order chi connectivity index (χ1) is 12.1. The Kier molecular flexibility index (Phi) is 4.65. The molecule has 0 saturated carbocycles. The summed E-state index contributed by atoms with van der Waals surface area (Å²) in [5.41, 5.74) is 0.622. The van der Waals surface area contributed by atoms with Gasteiger partial charge in [-0.25, -0.2) is 4.68 Å². The molecular weight excluding hydrogens is 322 g/mol. The number of ether oxygens (including phenoxy) is 1. The molecule has 3 aromatic rings. The maximum Gasteiger partial charge on any atom is 0.267 e. The molecule has 0 aliphatic rings. The number of benzene rings is 1. The summed E-state index contributed by atoms with van der Waals surface area (Å²) < 4.78 is 11.6. The number of methoxy groups -OCH3 is 1. The van der Waals surface area contributed by atoms with Crippen LogP contribution in [0.25, 0.3) is 11.5 Å². The van der Waals surface area contributed by atoms with Crippen LogP contribution in [0.1, 0.15) is 13.0 Å². The van der Waals surface area contributed by atoms with E-state index in [0.29, 0.717) is 22.9 Å². The molecule has 1 atom stereocenters. The Morgan fingerprint density at radius 3 is 2.72 bits per heavy atom. The Bertz CT molecular complexity index is 931. The zero-order valence-corrected chi connectivity index (χ0v) is 13.8. The van der Waals surface area contributed by atoms with Gasteiger partial charge < -0.3 is 14.5 Å². The molecule has 0 aliphatic carbocycles. The van der Waals surface area contributed by atoms with Gasteiger partial charge in [0.15, 0.2) is 5.76 Å². The third-order valence-corrected chi connectivity index (χ3v) is 3.71. The Morgan fingerprint density at radius 1 is 1.20 bits per heavy atom. The largest absolute Gasteiger partial charge is 0.495 e. The Hall–Kier alpha value is -3.35. The fourth-order valence-corrected chi connectivity index (χ4v) is 2.35. The third kappa shape index (κ3) is 3.45. The molecule has 128 valence electrons. The van der Waals surface area contributed by atoms with Crippen molar-refractivity contribution in [2.75, 3.05) is 12.4 Å². The van der Waals surface area contributed by atoms with Gasteiger partial charge in [0, 0.05) is 6.07 Å². The van der Waals surface area contributed by atoms with Crippen LogP contribution in [0, 0.1) is 0 Å². The highest BCUT2D eigenvalue weighted by Crippen LogP contribution is 2.24. The predicted molar refractivity (Wildman–Crippen MR) is 92.5 cm³/mol. The number of nitrogens with zero attached hydrogens (tertiary/aromatic N) is 2. The molecule has 2 heterocycles. The Balaban J connectivity index is 1.87. The van der Waals surface area contributed by atoms with Gasteiger partial charge >= 0.3 is 0 Å². The molecule has 1 unspecified atom stereocenters. The molecule has 7 nitrogen and oxygen atoms in total. The molecule has 7 heteroatoms. The monoisotopic (exact) mass is 339 g/mol. The minimum atomic E-state index is -0.813. The van der Waals surface area contributed by atoms with Gasteiger partial charge in [-0.2, -0.15) is 5.10 Å². The van der Waals surface area contributed by atoms with Crippen molar-refractivity contribution < 1.29 is 13.9 Å². The van der Waals surface area contributed by atoms with E-state index in [1.165, 1.54) is 19.4 Å². The average molecular weight is 339 g/mol. The number of para-hydroxylation sites is 2. The molecule has 0 fully saturated rings. The minimum absolute atomic E-state index is 0.377. The van der Waals surface area contributed by atoms with Gasteiger partial charge in [0.05, 0.1) is 19.1 Å². The average Bonchev–Trinajstić information content (AvgIpc) is 3.16. The molecule has 0 aliphatic heterocycles. The normalized spacial score (nSPS) is 11.8. The lowest BCUT2D eigenvalue weighted by atomic mass is 10.2. The second-order valence-electron chi connectivity index (χ2n) is 5.34. The molecule has 1 amide bonds. The molecular formula is C18H17N3O4. The van der Waals surface area contributed by atoms with Crippen molar-refractivity contribution in [2.45, 2.75) is 13.0 Å². The van der Waals surface area contributed by atoms with Crippen LogP contribution in [0.5, 0.6) is 5.75 Å². The van der Waals surface area contributed by atoms with Crippen LogP contribution < -0.4 is 15.6 Å². The van der Waals surface area contributed by atoms with Crippen molar-refractivity contribution in [2.24, 2.45) is 0 Å². The van der Waals surface area contributed by atoms with Crippen molar-refractivity contribution in [3.63, 3.8) is 0 Å². The zero-order chi connectivity index (χ0) is 17.8. The molecule has 25 heavy (non-hydrogen) atoms. The SMILES string of the molecule is COc1ccccc1NC(=O)C(C)n1nc(-c2ccco2)ccc1=O. The molecule has 1 aromatic carbocycles. The standard InChI is InChI=1S/C18H17N3O4/c1-12(18(23)19-13-6-3-4-7-15(13)24-2)21-17(22)10-9-14(20-21)16-8-5-11-25-16/h3-12H,1-2H3,(H,19,23). The van der Waals surface area contributed by atoms with Gasteiger partial charge in [0.2, 0.25) is 5.91 Å². The number of amides is 1. The van der Waals surface area contributed by atoms with Crippen molar-refractivity contribution in [3.8, 4) is 17.2 Å². The summed E-state index contributed by atoms with van der Waals surface area (Å²) in [6.45, 7) is 1.60. The number of hydrogen-bond acceptors (Lipinski definition) is 5. The van der Waals surface area contributed by atoms with Crippen molar-refractivity contribution >= 4 is 11.6 Å². The van der Waals surface area contributed by atoms with Gasteiger partial charge in [-0.05, 0) is 37.3 Å². The lowest BCUT2D eigenvalue weighted by molar-refractivity contribution is -0.119. The summed E-state index contributed by atoms with van der Waals surface area (Å²) in [5.74, 6) is 0.675. The van der Waals surface area contributed by atoms with E-state index in [4.69, 9.17) is 9.15 Å². The molecule has 0 spiro atoms. The smallest absolute Gasteiger partial charge is 0.267 e. The van der Waals surface area contributed by atoms with Crippen LogP contribution in [-0.2, 0) is 4.79 Å². The number of hydrogen-bond donors (Lipinski definition) is 1. The highest BCUT2D eigenvalue weighted by molar-refractivity contribution is 5.94. The van der Waals surface area contributed by atoms with Crippen molar-refractivity contribution in [1.82, 2.24) is 9.78 Å². The highest BCUT2D eigenvalue weighted by atomic mass is 16.5. The zero-order valence-electron chi connectivity index (χ0n) is 13.8. The Labute approximate surface area is 143 Å². The van der Waals surface area contributed by atoms with E-state index in [9.17, 15) is 9.59 Å². The number of carbonyl (C=O) groups is 1. The van der Waals surface area contributed by atoms with E-state index in [2.05, 4.69) is 10.4 Å². The summed E-state index contributed by atoms with van der Waals surface area (Å²) in [4.78, 5) is 24.7. The number of anilines is 1. The van der Waals surface area contributed by atoms with E-state index in [0.717, 1.165) is 4.68 Å². The summed E-state index contributed by atoms with van der Waals surface area (Å²) in [7, 11) is 1.52. The maximum atomic E-state index is 12.5. The maximum absolute atomic E-state index is 12.5. The molecule has 2 aromatic heterocycles. The van der Waals surface area contributed by atoms with Gasteiger partial charge in [0.1, 0.15) is 17.5 Å². The lowest BCUT2D eigenvalue weighted by Crippen LogP contribution is -2.33. The van der Waals surface area contributed by atoms with Crippen LogP contribution in [0.2, 0.25) is 0 Å². The number of nitrogens with one attached hydrogen (secondary N) is 1. The number of aromatic nitrogens is 2. The van der Waals surface area contributed by atoms with Crippen LogP contribution >= 0.6 is 0 Å². The van der Waals surface area contributed by atoms with E-state index in [1.54, 1.807) is 49.4 Å². The predicted octanol–water partition coefficient (Wildman–Crippen LogP) is 2.71.